The third-order valence-corrected chi connectivity index (χ3v) is 5.81. The minimum Gasteiger partial charge on any atom is -0.306 e. The minimum atomic E-state index is -0.263. The Morgan fingerprint density at radius 1 is 1.07 bits per heavy atom. The van der Waals surface area contributed by atoms with Crippen LogP contribution in [-0.4, -0.2) is 21.7 Å². The van der Waals surface area contributed by atoms with Gasteiger partial charge in [0.15, 0.2) is 0 Å². The molecular weight excluding hydrogens is 384 g/mol. The van der Waals surface area contributed by atoms with Crippen LogP contribution in [0.25, 0.3) is 0 Å². The molecule has 0 spiro atoms. The summed E-state index contributed by atoms with van der Waals surface area (Å²) >= 11 is 5.96. The lowest BCUT2D eigenvalue weighted by molar-refractivity contribution is 0.188. The Kier molecular flexibility index (Phi) is 4.52. The van der Waals surface area contributed by atoms with E-state index >= 15 is 0 Å². The zero-order chi connectivity index (χ0) is 19.8. The maximum absolute atomic E-state index is 13.2. The molecule has 0 saturated carbocycles. The number of nitrogens with one attached hydrogen (secondary N) is 1. The summed E-state index contributed by atoms with van der Waals surface area (Å²) in [5.41, 5.74) is 5.07. The Labute approximate surface area is 174 Å². The second kappa shape index (κ2) is 7.33. The molecule has 3 aromatic rings. The van der Waals surface area contributed by atoms with Crippen LogP contribution in [0.5, 0.6) is 0 Å². The molecule has 0 unspecified atom stereocenters. The van der Waals surface area contributed by atoms with E-state index in [2.05, 4.69) is 28.5 Å². The van der Waals surface area contributed by atoms with Gasteiger partial charge in [-0.2, -0.15) is 5.10 Å². The Balaban J connectivity index is 1.53. The van der Waals surface area contributed by atoms with Crippen molar-refractivity contribution in [3.8, 4) is 0 Å². The normalized spacial score (nSPS) is 19.9. The Morgan fingerprint density at radius 3 is 2.69 bits per heavy atom. The number of aromatic nitrogens is 1. The number of urea groups is 1. The summed E-state index contributed by atoms with van der Waals surface area (Å²) in [7, 11) is 0. The fourth-order valence-electron chi connectivity index (χ4n) is 4.23. The molecule has 5 nitrogen and oxygen atoms in total. The standard InChI is InChI=1S/C23H19ClN4O/c24-17-8-10-18(11-9-17)26-23(29)28-22(16-5-3-13-25-14-16)20-12-7-15-4-1-2-6-19(15)21(20)27-28/h1-6,8-11,13-14,20,22H,7,12H2,(H,26,29)/t20-,22-/m0/s1. The van der Waals surface area contributed by atoms with Gasteiger partial charge in [-0.25, -0.2) is 9.80 Å². The van der Waals surface area contributed by atoms with Crippen molar-refractivity contribution in [3.63, 3.8) is 0 Å². The number of pyridine rings is 1. The molecule has 1 aliphatic heterocycles. The Hall–Kier alpha value is -3.18. The van der Waals surface area contributed by atoms with Crippen molar-refractivity contribution >= 4 is 29.0 Å². The van der Waals surface area contributed by atoms with Crippen LogP contribution >= 0.6 is 11.6 Å². The van der Waals surface area contributed by atoms with E-state index in [1.54, 1.807) is 35.5 Å². The summed E-state index contributed by atoms with van der Waals surface area (Å²) < 4.78 is 0. The van der Waals surface area contributed by atoms with Crippen LogP contribution in [0.4, 0.5) is 10.5 Å². The fourth-order valence-corrected chi connectivity index (χ4v) is 4.36. The van der Waals surface area contributed by atoms with Gasteiger partial charge < -0.3 is 5.32 Å². The first-order chi connectivity index (χ1) is 14.2. The summed E-state index contributed by atoms with van der Waals surface area (Å²) in [5.74, 6) is 0.144. The van der Waals surface area contributed by atoms with Gasteiger partial charge in [0.05, 0.1) is 11.8 Å². The highest BCUT2D eigenvalue weighted by Gasteiger charge is 2.44. The highest BCUT2D eigenvalue weighted by molar-refractivity contribution is 6.30. The quantitative estimate of drug-likeness (QED) is 0.633. The molecule has 144 valence electrons. The molecule has 0 bridgehead atoms. The number of hydrogen-bond acceptors (Lipinski definition) is 3. The number of hydrazone groups is 1. The molecule has 29 heavy (non-hydrogen) atoms. The third kappa shape index (κ3) is 3.28. The largest absolute Gasteiger partial charge is 0.342 e. The molecule has 2 heterocycles. The van der Waals surface area contributed by atoms with Crippen molar-refractivity contribution in [1.29, 1.82) is 0 Å². The van der Waals surface area contributed by atoms with Crippen molar-refractivity contribution in [2.45, 2.75) is 18.9 Å². The fraction of sp³-hybridized carbons (Fsp3) is 0.174. The first-order valence-electron chi connectivity index (χ1n) is 9.63. The number of nitrogens with zero attached hydrogens (tertiary/aromatic N) is 3. The molecule has 2 aliphatic rings. The van der Waals surface area contributed by atoms with Crippen molar-refractivity contribution in [3.05, 3.63) is 94.8 Å². The van der Waals surface area contributed by atoms with Crippen molar-refractivity contribution < 1.29 is 4.79 Å². The smallest absolute Gasteiger partial charge is 0.306 e. The lowest BCUT2D eigenvalue weighted by Crippen LogP contribution is -2.34. The zero-order valence-electron chi connectivity index (χ0n) is 15.6. The average Bonchev–Trinajstić information content (AvgIpc) is 3.16. The molecule has 1 aliphatic carbocycles. The van der Waals surface area contributed by atoms with Gasteiger partial charge in [0.1, 0.15) is 0 Å². The van der Waals surface area contributed by atoms with Crippen LogP contribution in [0.2, 0.25) is 5.02 Å². The van der Waals surface area contributed by atoms with E-state index < -0.39 is 0 Å². The maximum Gasteiger partial charge on any atom is 0.342 e. The van der Waals surface area contributed by atoms with Gasteiger partial charge in [-0.3, -0.25) is 4.98 Å². The predicted molar refractivity (Wildman–Crippen MR) is 114 cm³/mol. The van der Waals surface area contributed by atoms with Crippen LogP contribution in [0.15, 0.2) is 78.2 Å². The molecular formula is C23H19ClN4O. The number of amides is 2. The van der Waals surface area contributed by atoms with Gasteiger partial charge in [0.2, 0.25) is 0 Å². The van der Waals surface area contributed by atoms with Gasteiger partial charge in [-0.05, 0) is 54.3 Å². The number of hydrogen-bond donors (Lipinski definition) is 1. The first-order valence-corrected chi connectivity index (χ1v) is 10.0. The molecule has 0 saturated heterocycles. The SMILES string of the molecule is O=C(Nc1ccc(Cl)cc1)N1N=C2c3ccccc3CC[C@@H]2[C@@H]1c1cccnc1. The van der Waals surface area contributed by atoms with Crippen molar-refractivity contribution in [1.82, 2.24) is 9.99 Å². The van der Waals surface area contributed by atoms with E-state index in [-0.39, 0.29) is 18.0 Å². The van der Waals surface area contributed by atoms with E-state index in [9.17, 15) is 4.79 Å². The van der Waals surface area contributed by atoms with E-state index in [0.717, 1.165) is 29.7 Å². The summed E-state index contributed by atoms with van der Waals surface area (Å²) in [4.78, 5) is 17.5. The number of rotatable bonds is 2. The van der Waals surface area contributed by atoms with Crippen LogP contribution in [0.3, 0.4) is 0 Å². The zero-order valence-corrected chi connectivity index (χ0v) is 16.4. The van der Waals surface area contributed by atoms with Gasteiger partial charge in [0.25, 0.3) is 0 Å². The highest BCUT2D eigenvalue weighted by atomic mass is 35.5. The van der Waals surface area contributed by atoms with Crippen molar-refractivity contribution in [2.24, 2.45) is 11.0 Å². The van der Waals surface area contributed by atoms with Crippen LogP contribution in [-0.2, 0) is 6.42 Å². The molecule has 5 rings (SSSR count). The van der Waals surface area contributed by atoms with E-state index in [1.807, 2.05) is 24.4 Å². The summed E-state index contributed by atoms with van der Waals surface area (Å²) in [6, 6.07) is 18.9. The molecule has 2 aromatic carbocycles. The number of carbonyl (C=O) groups excluding carboxylic acids is 1. The van der Waals surface area contributed by atoms with Crippen LogP contribution < -0.4 is 5.32 Å². The molecule has 2 atom stereocenters. The van der Waals surface area contributed by atoms with Crippen LogP contribution in [0.1, 0.15) is 29.2 Å². The number of aryl methyl sites for hydroxylation is 1. The molecule has 1 aromatic heterocycles. The monoisotopic (exact) mass is 402 g/mol. The minimum absolute atomic E-state index is 0.144. The average molecular weight is 403 g/mol. The predicted octanol–water partition coefficient (Wildman–Crippen LogP) is 5.29. The number of carbonyl (C=O) groups is 1. The van der Waals surface area contributed by atoms with Gasteiger partial charge in [-0.1, -0.05) is 41.9 Å². The lowest BCUT2D eigenvalue weighted by atomic mass is 9.77. The summed E-state index contributed by atoms with van der Waals surface area (Å²) in [6.07, 6.45) is 5.49. The molecule has 0 fully saturated rings. The van der Waals surface area contributed by atoms with Crippen molar-refractivity contribution in [2.75, 3.05) is 5.32 Å². The van der Waals surface area contributed by atoms with Gasteiger partial charge >= 0.3 is 6.03 Å². The van der Waals surface area contributed by atoms with E-state index in [4.69, 9.17) is 16.7 Å². The second-order valence-electron chi connectivity index (χ2n) is 7.30. The molecule has 0 radical (unpaired) electrons. The van der Waals surface area contributed by atoms with Crippen LogP contribution in [0, 0.1) is 5.92 Å². The Bertz CT molecular complexity index is 1080. The first kappa shape index (κ1) is 17.9. The van der Waals surface area contributed by atoms with E-state index in [0.29, 0.717) is 10.7 Å². The summed E-state index contributed by atoms with van der Waals surface area (Å²) in [5, 5.41) is 9.95. The maximum atomic E-state index is 13.2. The Morgan fingerprint density at radius 2 is 1.90 bits per heavy atom. The molecule has 6 heteroatoms. The number of anilines is 1. The molecule has 2 amide bonds. The topological polar surface area (TPSA) is 57.6 Å². The summed E-state index contributed by atoms with van der Waals surface area (Å²) in [6.45, 7) is 0. The van der Waals surface area contributed by atoms with Gasteiger partial charge in [0, 0.05) is 34.6 Å². The number of benzene rings is 2. The van der Waals surface area contributed by atoms with Gasteiger partial charge in [-0.15, -0.1) is 0 Å². The number of halogens is 1. The number of fused-ring (bicyclic) bond motifs is 3. The van der Waals surface area contributed by atoms with E-state index in [1.165, 1.54) is 5.56 Å². The molecule has 1 N–H and O–H groups in total. The third-order valence-electron chi connectivity index (χ3n) is 5.56. The second-order valence-corrected chi connectivity index (χ2v) is 7.74. The highest BCUT2D eigenvalue weighted by Crippen LogP contribution is 2.43. The lowest BCUT2D eigenvalue weighted by Gasteiger charge is -2.29.